The molecule has 0 bridgehead atoms. The number of hydrogen-bond acceptors (Lipinski definition) is 7. The van der Waals surface area contributed by atoms with Gasteiger partial charge in [0, 0.05) is 38.4 Å². The number of nitrogens with one attached hydrogen (secondary N) is 2. The van der Waals surface area contributed by atoms with E-state index in [2.05, 4.69) is 20.6 Å². The quantitative estimate of drug-likeness (QED) is 0.646. The van der Waals surface area contributed by atoms with Gasteiger partial charge in [-0.1, -0.05) is 11.3 Å². The molecule has 0 radical (unpaired) electrons. The Morgan fingerprint density at radius 3 is 2.90 bits per heavy atom. The van der Waals surface area contributed by atoms with E-state index in [1.807, 2.05) is 30.1 Å². The number of carbonyl (C=O) groups excluding carboxylic acids is 1. The van der Waals surface area contributed by atoms with Gasteiger partial charge < -0.3 is 15.4 Å². The van der Waals surface area contributed by atoms with E-state index in [0.29, 0.717) is 18.3 Å². The Kier molecular flexibility index (Phi) is 5.59. The molecule has 0 saturated heterocycles. The van der Waals surface area contributed by atoms with Crippen molar-refractivity contribution in [2.24, 2.45) is 0 Å². The zero-order chi connectivity index (χ0) is 20.4. The number of ether oxygens (including phenoxy) is 1. The van der Waals surface area contributed by atoms with E-state index >= 15 is 0 Å². The van der Waals surface area contributed by atoms with Gasteiger partial charge in [-0.3, -0.25) is 9.48 Å². The fourth-order valence-electron chi connectivity index (χ4n) is 3.59. The molecule has 0 atom stereocenters. The summed E-state index contributed by atoms with van der Waals surface area (Å²) in [4.78, 5) is 21.7. The van der Waals surface area contributed by atoms with E-state index in [1.165, 1.54) is 23.8 Å². The normalized spacial score (nSPS) is 12.8. The molecule has 29 heavy (non-hydrogen) atoms. The maximum Gasteiger partial charge on any atom is 0.223 e. The molecule has 3 aromatic heterocycles. The fourth-order valence-corrected chi connectivity index (χ4v) is 4.72. The van der Waals surface area contributed by atoms with E-state index < -0.39 is 0 Å². The summed E-state index contributed by atoms with van der Waals surface area (Å²) in [5.74, 6) is 0.710. The number of carbonyl (C=O) groups is 1. The van der Waals surface area contributed by atoms with E-state index in [0.717, 1.165) is 52.6 Å². The molecule has 0 unspecified atom stereocenters. The Morgan fingerprint density at radius 1 is 1.34 bits per heavy atom. The average Bonchev–Trinajstić information content (AvgIpc) is 3.22. The van der Waals surface area contributed by atoms with Crippen LogP contribution in [0.1, 0.15) is 24.6 Å². The van der Waals surface area contributed by atoms with Crippen molar-refractivity contribution in [1.82, 2.24) is 19.7 Å². The first-order valence-corrected chi connectivity index (χ1v) is 10.4. The SMILES string of the molecule is CNc1ccc(-c2nn(CCOC)c3c2CCCc2nc(NC(C)=O)sc2-3)cn1. The Labute approximate surface area is 173 Å². The van der Waals surface area contributed by atoms with E-state index in [4.69, 9.17) is 9.84 Å². The van der Waals surface area contributed by atoms with Gasteiger partial charge in [0.1, 0.15) is 5.82 Å². The minimum Gasteiger partial charge on any atom is -0.383 e. The number of hydrogen-bond donors (Lipinski definition) is 2. The Balaban J connectivity index is 1.85. The second kappa shape index (κ2) is 8.30. The van der Waals surface area contributed by atoms with Gasteiger partial charge in [0.25, 0.3) is 0 Å². The lowest BCUT2D eigenvalue weighted by Crippen LogP contribution is -2.07. The standard InChI is InChI=1S/C20H24N6O2S/c1-12(27)23-20-24-15-6-4-5-14-17(13-7-8-16(21-2)22-11-13)25-26(9-10-28-3)18(14)19(15)29-20/h7-8,11H,4-6,9-10H2,1-3H3,(H,21,22)(H,23,24,27). The third-order valence-electron chi connectivity index (χ3n) is 4.89. The van der Waals surface area contributed by atoms with E-state index in [9.17, 15) is 4.79 Å². The summed E-state index contributed by atoms with van der Waals surface area (Å²) in [6.07, 6.45) is 4.63. The third kappa shape index (κ3) is 3.88. The van der Waals surface area contributed by atoms with Gasteiger partial charge in [-0.05, 0) is 31.4 Å². The molecule has 9 heteroatoms. The summed E-state index contributed by atoms with van der Waals surface area (Å²) in [6.45, 7) is 2.71. The van der Waals surface area contributed by atoms with Crippen LogP contribution in [0.5, 0.6) is 0 Å². The van der Waals surface area contributed by atoms with Crippen molar-refractivity contribution in [1.29, 1.82) is 0 Å². The number of fused-ring (bicyclic) bond motifs is 3. The van der Waals surface area contributed by atoms with Crippen LogP contribution in [-0.2, 0) is 28.9 Å². The minimum absolute atomic E-state index is 0.113. The molecule has 3 aromatic rings. The highest BCUT2D eigenvalue weighted by atomic mass is 32.1. The zero-order valence-electron chi connectivity index (χ0n) is 16.8. The predicted molar refractivity (Wildman–Crippen MR) is 114 cm³/mol. The predicted octanol–water partition coefficient (Wildman–Crippen LogP) is 3.20. The van der Waals surface area contributed by atoms with Crippen LogP contribution in [0.2, 0.25) is 0 Å². The summed E-state index contributed by atoms with van der Waals surface area (Å²) in [7, 11) is 3.54. The van der Waals surface area contributed by atoms with Crippen LogP contribution in [0.3, 0.4) is 0 Å². The Morgan fingerprint density at radius 2 is 2.21 bits per heavy atom. The molecular formula is C20H24N6O2S. The topological polar surface area (TPSA) is 94.0 Å². The summed E-state index contributed by atoms with van der Waals surface area (Å²) in [6, 6.07) is 4.00. The molecule has 8 nitrogen and oxygen atoms in total. The highest BCUT2D eigenvalue weighted by Gasteiger charge is 2.27. The van der Waals surface area contributed by atoms with Crippen LogP contribution in [0.15, 0.2) is 18.3 Å². The zero-order valence-corrected chi connectivity index (χ0v) is 17.6. The van der Waals surface area contributed by atoms with Gasteiger partial charge in [0.05, 0.1) is 35.1 Å². The molecule has 3 heterocycles. The first kappa shape index (κ1) is 19.5. The maximum atomic E-state index is 11.5. The Hall–Kier alpha value is -2.78. The number of aryl methyl sites for hydroxylation is 1. The molecule has 1 aliphatic carbocycles. The molecule has 0 aromatic carbocycles. The molecule has 0 fully saturated rings. The van der Waals surface area contributed by atoms with E-state index in [-0.39, 0.29) is 5.91 Å². The number of pyridine rings is 1. The molecule has 152 valence electrons. The van der Waals surface area contributed by atoms with Crippen LogP contribution in [0.25, 0.3) is 21.8 Å². The number of nitrogens with zero attached hydrogens (tertiary/aromatic N) is 4. The maximum absolute atomic E-state index is 11.5. The second-order valence-electron chi connectivity index (χ2n) is 6.90. The minimum atomic E-state index is -0.113. The van der Waals surface area contributed by atoms with Crippen LogP contribution < -0.4 is 10.6 Å². The highest BCUT2D eigenvalue weighted by molar-refractivity contribution is 7.19. The van der Waals surface area contributed by atoms with E-state index in [1.54, 1.807) is 7.11 Å². The number of rotatable bonds is 6. The van der Waals surface area contributed by atoms with Gasteiger partial charge in [-0.15, -0.1) is 0 Å². The molecular weight excluding hydrogens is 388 g/mol. The number of methoxy groups -OCH3 is 1. The van der Waals surface area contributed by atoms with Gasteiger partial charge >= 0.3 is 0 Å². The smallest absolute Gasteiger partial charge is 0.223 e. The van der Waals surface area contributed by atoms with Crippen molar-refractivity contribution in [2.45, 2.75) is 32.7 Å². The molecule has 1 aliphatic rings. The first-order chi connectivity index (χ1) is 14.1. The Bertz CT molecular complexity index is 1020. The first-order valence-electron chi connectivity index (χ1n) is 9.61. The summed E-state index contributed by atoms with van der Waals surface area (Å²) in [5.41, 5.74) is 5.25. The average molecular weight is 413 g/mol. The van der Waals surface area contributed by atoms with Crippen molar-refractivity contribution in [2.75, 3.05) is 31.4 Å². The second-order valence-corrected chi connectivity index (χ2v) is 7.90. The highest BCUT2D eigenvalue weighted by Crippen LogP contribution is 2.42. The summed E-state index contributed by atoms with van der Waals surface area (Å²) >= 11 is 1.51. The summed E-state index contributed by atoms with van der Waals surface area (Å²) < 4.78 is 7.32. The number of thiazole rings is 1. The lowest BCUT2D eigenvalue weighted by molar-refractivity contribution is -0.114. The molecule has 1 amide bonds. The van der Waals surface area contributed by atoms with Gasteiger partial charge in [-0.25, -0.2) is 9.97 Å². The number of anilines is 2. The molecule has 0 spiro atoms. The van der Waals surface area contributed by atoms with Crippen molar-refractivity contribution in [3.8, 4) is 21.8 Å². The fraction of sp³-hybridized carbons (Fsp3) is 0.400. The van der Waals surface area contributed by atoms with Crippen LogP contribution >= 0.6 is 11.3 Å². The van der Waals surface area contributed by atoms with Crippen LogP contribution in [0.4, 0.5) is 10.9 Å². The molecule has 2 N–H and O–H groups in total. The van der Waals surface area contributed by atoms with Crippen molar-refractivity contribution in [3.05, 3.63) is 29.6 Å². The van der Waals surface area contributed by atoms with Crippen molar-refractivity contribution < 1.29 is 9.53 Å². The third-order valence-corrected chi connectivity index (χ3v) is 5.91. The largest absolute Gasteiger partial charge is 0.383 e. The lowest BCUT2D eigenvalue weighted by Gasteiger charge is -2.06. The number of aromatic nitrogens is 4. The van der Waals surface area contributed by atoms with Crippen molar-refractivity contribution >= 4 is 28.2 Å². The van der Waals surface area contributed by atoms with Gasteiger partial charge in [0.2, 0.25) is 5.91 Å². The van der Waals surface area contributed by atoms with Crippen LogP contribution in [-0.4, -0.2) is 46.4 Å². The molecule has 0 saturated carbocycles. The molecule has 4 rings (SSSR count). The summed E-state index contributed by atoms with van der Waals surface area (Å²) in [5, 5.41) is 11.4. The molecule has 0 aliphatic heterocycles. The van der Waals surface area contributed by atoms with Gasteiger partial charge in [0.15, 0.2) is 5.13 Å². The monoisotopic (exact) mass is 412 g/mol. The number of amides is 1. The lowest BCUT2D eigenvalue weighted by atomic mass is 10.0. The van der Waals surface area contributed by atoms with Crippen LogP contribution in [0, 0.1) is 0 Å². The van der Waals surface area contributed by atoms with Gasteiger partial charge in [-0.2, -0.15) is 5.10 Å². The van der Waals surface area contributed by atoms with Crippen molar-refractivity contribution in [3.63, 3.8) is 0 Å².